The van der Waals surface area contributed by atoms with Crippen molar-refractivity contribution in [1.29, 1.82) is 0 Å². The first-order valence-electron chi connectivity index (χ1n) is 8.78. The summed E-state index contributed by atoms with van der Waals surface area (Å²) in [5, 5.41) is 12.2. The highest BCUT2D eigenvalue weighted by Gasteiger charge is 2.32. The first-order valence-corrected chi connectivity index (χ1v) is 10.8. The number of sulfone groups is 1. The van der Waals surface area contributed by atoms with Crippen molar-refractivity contribution < 1.29 is 12.8 Å². The van der Waals surface area contributed by atoms with Crippen molar-refractivity contribution in [3.63, 3.8) is 0 Å². The van der Waals surface area contributed by atoms with E-state index in [0.29, 0.717) is 17.3 Å². The molecule has 1 atom stereocenters. The van der Waals surface area contributed by atoms with Gasteiger partial charge in [0, 0.05) is 24.2 Å². The summed E-state index contributed by atoms with van der Waals surface area (Å²) in [7, 11) is -2.20. The Balaban J connectivity index is 1.86. The zero-order chi connectivity index (χ0) is 20.8. The van der Waals surface area contributed by atoms with E-state index >= 15 is 0 Å². The summed E-state index contributed by atoms with van der Waals surface area (Å²) in [6, 6.07) is 9.05. The molecule has 4 rings (SSSR count). The Bertz CT molecular complexity index is 1170. The molecule has 0 bridgehead atoms. The summed E-state index contributed by atoms with van der Waals surface area (Å²) in [5.74, 6) is -0.924. The molecule has 2 heterocycles. The third-order valence-corrected chi connectivity index (χ3v) is 6.76. The number of benzene rings is 2. The summed E-state index contributed by atoms with van der Waals surface area (Å²) in [6.45, 7) is 0.667. The molecule has 0 spiro atoms. The second-order valence-electron chi connectivity index (χ2n) is 6.95. The highest BCUT2D eigenvalue weighted by atomic mass is 35.5. The number of nitrogens with zero attached hydrogens (tertiary/aromatic N) is 5. The van der Waals surface area contributed by atoms with E-state index in [2.05, 4.69) is 15.4 Å². The fraction of sp³-hybridized carbons (Fsp3) is 0.278. The molecule has 29 heavy (non-hydrogen) atoms. The summed E-state index contributed by atoms with van der Waals surface area (Å²) in [4.78, 5) is 2.94. The fourth-order valence-corrected chi connectivity index (χ4v) is 5.13. The maximum Gasteiger partial charge on any atom is 0.207 e. The number of aryl methyl sites for hydroxylation is 1. The molecule has 2 aromatic carbocycles. The normalized spacial score (nSPS) is 18.3. The summed E-state index contributed by atoms with van der Waals surface area (Å²) in [5.41, 5.74) is 7.42. The van der Waals surface area contributed by atoms with Crippen LogP contribution in [-0.2, 0) is 23.4 Å². The van der Waals surface area contributed by atoms with Gasteiger partial charge in [0.1, 0.15) is 5.82 Å². The van der Waals surface area contributed by atoms with Gasteiger partial charge in [0.05, 0.1) is 28.9 Å². The SMILES string of the molecule is Cn1nnc(-c2cc3c(cc2F)S(=O)(=O)C[C@H](N)CN3Cc2ccc(Cl)cc2)n1. The van der Waals surface area contributed by atoms with Crippen LogP contribution in [0.15, 0.2) is 41.3 Å². The van der Waals surface area contributed by atoms with Gasteiger partial charge < -0.3 is 10.6 Å². The van der Waals surface area contributed by atoms with Crippen molar-refractivity contribution in [1.82, 2.24) is 20.2 Å². The van der Waals surface area contributed by atoms with Crippen LogP contribution in [-0.4, -0.2) is 47.0 Å². The largest absolute Gasteiger partial charge is 0.365 e. The number of anilines is 1. The molecule has 0 aliphatic carbocycles. The van der Waals surface area contributed by atoms with E-state index in [1.807, 2.05) is 17.0 Å². The molecule has 0 fully saturated rings. The molecule has 1 aliphatic rings. The lowest BCUT2D eigenvalue weighted by atomic mass is 10.1. The summed E-state index contributed by atoms with van der Waals surface area (Å²) >= 11 is 5.95. The van der Waals surface area contributed by atoms with Crippen molar-refractivity contribution in [2.75, 3.05) is 17.2 Å². The quantitative estimate of drug-likeness (QED) is 0.666. The van der Waals surface area contributed by atoms with E-state index in [0.717, 1.165) is 11.6 Å². The maximum absolute atomic E-state index is 14.8. The van der Waals surface area contributed by atoms with Crippen LogP contribution in [0.25, 0.3) is 11.4 Å². The Kier molecular flexibility index (Phi) is 5.01. The number of hydrogen-bond donors (Lipinski definition) is 1. The van der Waals surface area contributed by atoms with E-state index < -0.39 is 21.7 Å². The molecule has 11 heteroatoms. The second-order valence-corrected chi connectivity index (χ2v) is 9.39. The van der Waals surface area contributed by atoms with Crippen LogP contribution in [0.3, 0.4) is 0 Å². The van der Waals surface area contributed by atoms with Crippen LogP contribution in [0, 0.1) is 5.82 Å². The number of nitrogens with two attached hydrogens (primary N) is 1. The molecule has 3 aromatic rings. The third kappa shape index (κ3) is 3.96. The minimum Gasteiger partial charge on any atom is -0.365 e. The molecule has 0 saturated carbocycles. The average Bonchev–Trinajstić information content (AvgIpc) is 3.05. The van der Waals surface area contributed by atoms with Gasteiger partial charge >= 0.3 is 0 Å². The number of rotatable bonds is 3. The van der Waals surface area contributed by atoms with Gasteiger partial charge in [0.15, 0.2) is 9.84 Å². The Morgan fingerprint density at radius 3 is 2.66 bits per heavy atom. The molecule has 0 saturated heterocycles. The molecular formula is C18H18ClFN6O2S. The molecule has 1 aliphatic heterocycles. The first-order chi connectivity index (χ1) is 13.7. The lowest BCUT2D eigenvalue weighted by Crippen LogP contribution is -2.39. The minimum atomic E-state index is -3.77. The van der Waals surface area contributed by atoms with E-state index in [-0.39, 0.29) is 28.6 Å². The predicted molar refractivity (Wildman–Crippen MR) is 107 cm³/mol. The van der Waals surface area contributed by atoms with Crippen LogP contribution in [0.2, 0.25) is 5.02 Å². The zero-order valence-corrected chi connectivity index (χ0v) is 17.0. The Morgan fingerprint density at radius 1 is 1.28 bits per heavy atom. The maximum atomic E-state index is 14.8. The van der Waals surface area contributed by atoms with Crippen molar-refractivity contribution >= 4 is 27.1 Å². The van der Waals surface area contributed by atoms with Gasteiger partial charge in [-0.1, -0.05) is 23.7 Å². The molecule has 0 amide bonds. The fourth-order valence-electron chi connectivity index (χ4n) is 3.37. The van der Waals surface area contributed by atoms with Crippen molar-refractivity contribution in [3.05, 3.63) is 52.8 Å². The number of hydrogen-bond acceptors (Lipinski definition) is 7. The third-order valence-electron chi connectivity index (χ3n) is 4.65. The Morgan fingerprint density at radius 2 is 2.00 bits per heavy atom. The highest BCUT2D eigenvalue weighted by molar-refractivity contribution is 7.91. The molecule has 0 unspecified atom stereocenters. The van der Waals surface area contributed by atoms with Crippen LogP contribution in [0.1, 0.15) is 5.56 Å². The predicted octanol–water partition coefficient (Wildman–Crippen LogP) is 1.79. The van der Waals surface area contributed by atoms with Gasteiger partial charge in [0.25, 0.3) is 0 Å². The van der Waals surface area contributed by atoms with Gasteiger partial charge in [-0.05, 0) is 35.0 Å². The number of tetrazole rings is 1. The average molecular weight is 437 g/mol. The van der Waals surface area contributed by atoms with Crippen LogP contribution in [0.4, 0.5) is 10.1 Å². The van der Waals surface area contributed by atoms with Crippen molar-refractivity contribution in [2.45, 2.75) is 17.5 Å². The standard InChI is InChI=1S/C18H18ClFN6O2S/c1-25-23-18(22-24-25)14-6-16-17(7-15(14)20)29(27,28)10-13(21)9-26(16)8-11-2-4-12(19)5-3-11/h2-7,13H,8-10,21H2,1H3/t13-/m1/s1. The molecular weight excluding hydrogens is 419 g/mol. The van der Waals surface area contributed by atoms with Crippen LogP contribution >= 0.6 is 11.6 Å². The van der Waals surface area contributed by atoms with E-state index in [9.17, 15) is 12.8 Å². The van der Waals surface area contributed by atoms with Gasteiger partial charge in [-0.2, -0.15) is 4.80 Å². The van der Waals surface area contributed by atoms with E-state index in [1.54, 1.807) is 19.2 Å². The van der Waals surface area contributed by atoms with Gasteiger partial charge in [-0.15, -0.1) is 10.2 Å². The Hall–Kier alpha value is -2.56. The van der Waals surface area contributed by atoms with E-state index in [4.69, 9.17) is 17.3 Å². The monoisotopic (exact) mass is 436 g/mol. The lowest BCUT2D eigenvalue weighted by Gasteiger charge is -2.26. The topological polar surface area (TPSA) is 107 Å². The number of aromatic nitrogens is 4. The summed E-state index contributed by atoms with van der Waals surface area (Å²) < 4.78 is 40.4. The first kappa shape index (κ1) is 19.7. The molecule has 2 N–H and O–H groups in total. The molecule has 152 valence electrons. The van der Waals surface area contributed by atoms with Crippen LogP contribution < -0.4 is 10.6 Å². The highest BCUT2D eigenvalue weighted by Crippen LogP contribution is 2.35. The van der Waals surface area contributed by atoms with E-state index in [1.165, 1.54) is 10.9 Å². The number of fused-ring (bicyclic) bond motifs is 1. The van der Waals surface area contributed by atoms with Gasteiger partial charge in [-0.25, -0.2) is 12.8 Å². The smallest absolute Gasteiger partial charge is 0.207 e. The van der Waals surface area contributed by atoms with Crippen molar-refractivity contribution in [3.8, 4) is 11.4 Å². The zero-order valence-electron chi connectivity index (χ0n) is 15.5. The number of halogens is 2. The van der Waals surface area contributed by atoms with Crippen molar-refractivity contribution in [2.24, 2.45) is 12.8 Å². The second kappa shape index (κ2) is 7.36. The Labute approximate surface area is 172 Å². The van der Waals surface area contributed by atoms with Gasteiger partial charge in [0.2, 0.25) is 5.82 Å². The van der Waals surface area contributed by atoms with Gasteiger partial charge in [-0.3, -0.25) is 0 Å². The minimum absolute atomic E-state index is 0.0728. The lowest BCUT2D eigenvalue weighted by molar-refractivity contribution is 0.586. The molecule has 0 radical (unpaired) electrons. The summed E-state index contributed by atoms with van der Waals surface area (Å²) in [6.07, 6.45) is 0. The van der Waals surface area contributed by atoms with Crippen LogP contribution in [0.5, 0.6) is 0 Å². The molecule has 1 aromatic heterocycles. The molecule has 8 nitrogen and oxygen atoms in total.